The fraction of sp³-hybridized carbons (Fsp3) is 0.286. The van der Waals surface area contributed by atoms with E-state index in [1.165, 1.54) is 4.88 Å². The molecule has 0 saturated heterocycles. The predicted molar refractivity (Wildman–Crippen MR) is 84.7 cm³/mol. The van der Waals surface area contributed by atoms with Crippen molar-refractivity contribution in [2.75, 3.05) is 6.61 Å². The van der Waals surface area contributed by atoms with Crippen LogP contribution in [0.15, 0.2) is 35.7 Å². The fourth-order valence-electron chi connectivity index (χ4n) is 1.72. The fourth-order valence-corrected chi connectivity index (χ4v) is 2.59. The molecule has 2 aromatic rings. The molecular weight excluding hydrogens is 301 g/mol. The van der Waals surface area contributed by atoms with Gasteiger partial charge in [-0.2, -0.15) is 0 Å². The van der Waals surface area contributed by atoms with Crippen molar-refractivity contribution in [1.82, 2.24) is 5.32 Å². The largest absolute Gasteiger partial charge is 0.494 e. The number of nitrogens with one attached hydrogen (secondary N) is 1. The third-order valence-corrected chi connectivity index (χ3v) is 3.63. The molecule has 19 heavy (non-hydrogen) atoms. The van der Waals surface area contributed by atoms with Gasteiger partial charge in [-0.25, -0.2) is 0 Å². The van der Waals surface area contributed by atoms with Crippen molar-refractivity contribution in [1.29, 1.82) is 0 Å². The van der Waals surface area contributed by atoms with Gasteiger partial charge in [0, 0.05) is 28.6 Å². The summed E-state index contributed by atoms with van der Waals surface area (Å²) < 4.78 is 5.58. The minimum absolute atomic E-state index is 0. The van der Waals surface area contributed by atoms with E-state index in [1.54, 1.807) is 11.3 Å². The highest BCUT2D eigenvalue weighted by molar-refractivity contribution is 7.09. The normalized spacial score (nSPS) is 10.0. The number of ether oxygens (including phenoxy) is 1. The standard InChI is InChI=1S/C14H16ClNOS.ClH/c1-2-17-14-6-5-12(15)8-11(14)9-16-10-13-4-3-7-18-13;/h3-8,16H,2,9-10H2,1H3;1H. The van der Waals surface area contributed by atoms with Crippen LogP contribution in [0.2, 0.25) is 5.02 Å². The second kappa shape index (κ2) is 8.43. The van der Waals surface area contributed by atoms with Crippen molar-refractivity contribution >= 4 is 35.3 Å². The third-order valence-electron chi connectivity index (χ3n) is 2.52. The quantitative estimate of drug-likeness (QED) is 0.846. The first-order valence-electron chi connectivity index (χ1n) is 5.94. The summed E-state index contributed by atoms with van der Waals surface area (Å²) in [5, 5.41) is 6.23. The van der Waals surface area contributed by atoms with Crippen molar-refractivity contribution in [3.63, 3.8) is 0 Å². The molecule has 1 aromatic heterocycles. The van der Waals surface area contributed by atoms with Crippen LogP contribution in [0.5, 0.6) is 5.75 Å². The molecule has 0 spiro atoms. The second-order valence-electron chi connectivity index (χ2n) is 3.87. The lowest BCUT2D eigenvalue weighted by atomic mass is 10.2. The Morgan fingerprint density at radius 1 is 1.26 bits per heavy atom. The van der Waals surface area contributed by atoms with Crippen molar-refractivity contribution in [3.8, 4) is 5.75 Å². The van der Waals surface area contributed by atoms with Crippen molar-refractivity contribution in [3.05, 3.63) is 51.2 Å². The average molecular weight is 318 g/mol. The lowest BCUT2D eigenvalue weighted by Gasteiger charge is -2.11. The first-order valence-corrected chi connectivity index (χ1v) is 7.19. The number of hydrogen-bond acceptors (Lipinski definition) is 3. The van der Waals surface area contributed by atoms with E-state index in [0.717, 1.165) is 29.4 Å². The van der Waals surface area contributed by atoms with E-state index in [4.69, 9.17) is 16.3 Å². The van der Waals surface area contributed by atoms with E-state index in [0.29, 0.717) is 6.61 Å². The Kier molecular flexibility index (Phi) is 7.24. The summed E-state index contributed by atoms with van der Waals surface area (Å²) in [6.45, 7) is 4.28. The van der Waals surface area contributed by atoms with Gasteiger partial charge in [-0.05, 0) is 36.6 Å². The maximum absolute atomic E-state index is 6.01. The van der Waals surface area contributed by atoms with Gasteiger partial charge in [-0.1, -0.05) is 17.7 Å². The van der Waals surface area contributed by atoms with Crippen molar-refractivity contribution in [2.24, 2.45) is 0 Å². The van der Waals surface area contributed by atoms with Gasteiger partial charge in [0.25, 0.3) is 0 Å². The summed E-state index contributed by atoms with van der Waals surface area (Å²) in [5.74, 6) is 0.903. The molecule has 0 aliphatic rings. The molecule has 0 amide bonds. The Balaban J connectivity index is 0.00000180. The highest BCUT2D eigenvalue weighted by Crippen LogP contribution is 2.23. The van der Waals surface area contributed by atoms with Crippen LogP contribution in [-0.2, 0) is 13.1 Å². The number of benzene rings is 1. The molecule has 0 bridgehead atoms. The van der Waals surface area contributed by atoms with Crippen LogP contribution in [0.3, 0.4) is 0 Å². The highest BCUT2D eigenvalue weighted by atomic mass is 35.5. The summed E-state index contributed by atoms with van der Waals surface area (Å²) in [5.41, 5.74) is 1.10. The molecular formula is C14H17Cl2NOS. The maximum atomic E-state index is 6.01. The van der Waals surface area contributed by atoms with Gasteiger partial charge < -0.3 is 10.1 Å². The van der Waals surface area contributed by atoms with Crippen LogP contribution in [0.1, 0.15) is 17.4 Å². The van der Waals surface area contributed by atoms with Crippen LogP contribution in [0, 0.1) is 0 Å². The third kappa shape index (κ3) is 5.03. The molecule has 0 aliphatic heterocycles. The van der Waals surface area contributed by atoms with Gasteiger partial charge in [-0.3, -0.25) is 0 Å². The van der Waals surface area contributed by atoms with Crippen LogP contribution < -0.4 is 10.1 Å². The summed E-state index contributed by atoms with van der Waals surface area (Å²) >= 11 is 7.77. The molecule has 0 radical (unpaired) electrons. The van der Waals surface area contributed by atoms with E-state index < -0.39 is 0 Å². The minimum atomic E-state index is 0. The Bertz CT molecular complexity index is 488. The molecule has 5 heteroatoms. The molecule has 0 atom stereocenters. The SMILES string of the molecule is CCOc1ccc(Cl)cc1CNCc1cccs1.Cl. The summed E-state index contributed by atoms with van der Waals surface area (Å²) in [4.78, 5) is 1.33. The molecule has 0 saturated carbocycles. The Hall–Kier alpha value is -0.740. The van der Waals surface area contributed by atoms with Crippen LogP contribution >= 0.6 is 35.3 Å². The van der Waals surface area contributed by atoms with E-state index in [1.807, 2.05) is 25.1 Å². The number of rotatable bonds is 6. The highest BCUT2D eigenvalue weighted by Gasteiger charge is 2.04. The van der Waals surface area contributed by atoms with Gasteiger partial charge in [0.15, 0.2) is 0 Å². The van der Waals surface area contributed by atoms with Crippen LogP contribution in [0.4, 0.5) is 0 Å². The second-order valence-corrected chi connectivity index (χ2v) is 5.34. The van der Waals surface area contributed by atoms with Gasteiger partial charge in [0.2, 0.25) is 0 Å². The first kappa shape index (κ1) is 16.3. The molecule has 0 aliphatic carbocycles. The molecule has 2 rings (SSSR count). The summed E-state index contributed by atoms with van der Waals surface area (Å²) in [6.07, 6.45) is 0. The minimum Gasteiger partial charge on any atom is -0.494 e. The number of thiophene rings is 1. The maximum Gasteiger partial charge on any atom is 0.123 e. The van der Waals surface area contributed by atoms with E-state index in [-0.39, 0.29) is 12.4 Å². The molecule has 1 aromatic carbocycles. The number of hydrogen-bond donors (Lipinski definition) is 1. The van der Waals surface area contributed by atoms with Gasteiger partial charge >= 0.3 is 0 Å². The van der Waals surface area contributed by atoms with Crippen LogP contribution in [0.25, 0.3) is 0 Å². The Morgan fingerprint density at radius 3 is 2.79 bits per heavy atom. The smallest absolute Gasteiger partial charge is 0.123 e. The zero-order valence-corrected chi connectivity index (χ0v) is 13.1. The summed E-state index contributed by atoms with van der Waals surface area (Å²) in [6, 6.07) is 9.92. The van der Waals surface area contributed by atoms with Crippen LogP contribution in [-0.4, -0.2) is 6.61 Å². The monoisotopic (exact) mass is 317 g/mol. The van der Waals surface area contributed by atoms with E-state index in [2.05, 4.69) is 22.8 Å². The Labute approximate surface area is 129 Å². The molecule has 0 unspecified atom stereocenters. The first-order chi connectivity index (χ1) is 8.79. The van der Waals surface area contributed by atoms with Crippen molar-refractivity contribution < 1.29 is 4.74 Å². The zero-order chi connectivity index (χ0) is 12.8. The molecule has 2 nitrogen and oxygen atoms in total. The van der Waals surface area contributed by atoms with E-state index >= 15 is 0 Å². The molecule has 1 heterocycles. The topological polar surface area (TPSA) is 21.3 Å². The van der Waals surface area contributed by atoms with E-state index in [9.17, 15) is 0 Å². The Morgan fingerprint density at radius 2 is 2.11 bits per heavy atom. The average Bonchev–Trinajstić information content (AvgIpc) is 2.86. The predicted octanol–water partition coefficient (Wildman–Crippen LogP) is 4.51. The van der Waals surface area contributed by atoms with Gasteiger partial charge in [0.05, 0.1) is 6.61 Å². The molecule has 0 fully saturated rings. The summed E-state index contributed by atoms with van der Waals surface area (Å²) in [7, 11) is 0. The zero-order valence-electron chi connectivity index (χ0n) is 10.7. The van der Waals surface area contributed by atoms with Gasteiger partial charge in [-0.15, -0.1) is 23.7 Å². The lowest BCUT2D eigenvalue weighted by molar-refractivity contribution is 0.335. The van der Waals surface area contributed by atoms with Gasteiger partial charge in [0.1, 0.15) is 5.75 Å². The lowest BCUT2D eigenvalue weighted by Crippen LogP contribution is -2.12. The number of halogens is 2. The van der Waals surface area contributed by atoms with Crippen molar-refractivity contribution in [2.45, 2.75) is 20.0 Å². The molecule has 104 valence electrons. The molecule has 1 N–H and O–H groups in total.